The predicted molar refractivity (Wildman–Crippen MR) is 113 cm³/mol. The van der Waals surface area contributed by atoms with Crippen molar-refractivity contribution in [3.63, 3.8) is 0 Å². The molecule has 1 atom stereocenters. The highest BCUT2D eigenvalue weighted by Crippen LogP contribution is 2.24. The number of nitrogens with zero attached hydrogens (tertiary/aromatic N) is 4. The van der Waals surface area contributed by atoms with Gasteiger partial charge in [0, 0.05) is 51.4 Å². The Hall–Kier alpha value is -2.61. The zero-order valence-corrected chi connectivity index (χ0v) is 17.7. The number of piperidine rings is 1. The second-order valence-corrected chi connectivity index (χ2v) is 8.39. The standard InChI is InChI=1S/C22H30FN5O2/c1-16-5-6-20(23)21(12-16)28-7-3-4-18(14-28)24-22(29)27-10-8-26(9-11-27)15-19-13-17(2)25-30-19/h5-6,12-13,18H,3-4,7-11,14-15H2,1-2H3,(H,24,29). The monoisotopic (exact) mass is 415 g/mol. The molecule has 8 heteroatoms. The Balaban J connectivity index is 1.27. The van der Waals surface area contributed by atoms with Gasteiger partial charge in [0.2, 0.25) is 0 Å². The molecule has 0 spiro atoms. The van der Waals surface area contributed by atoms with E-state index in [0.717, 1.165) is 56.0 Å². The zero-order chi connectivity index (χ0) is 21.1. The molecule has 0 bridgehead atoms. The molecule has 2 aromatic rings. The molecule has 4 rings (SSSR count). The van der Waals surface area contributed by atoms with Crippen LogP contribution < -0.4 is 10.2 Å². The molecule has 1 N–H and O–H groups in total. The molecule has 1 unspecified atom stereocenters. The number of carbonyl (C=O) groups excluding carboxylic acids is 1. The highest BCUT2D eigenvalue weighted by Gasteiger charge is 2.27. The van der Waals surface area contributed by atoms with Gasteiger partial charge in [0.25, 0.3) is 0 Å². The first kappa shape index (κ1) is 20.7. The number of carbonyl (C=O) groups is 1. The third-order valence-corrected chi connectivity index (χ3v) is 5.91. The molecular formula is C22H30FN5O2. The number of benzene rings is 1. The van der Waals surface area contributed by atoms with E-state index in [9.17, 15) is 9.18 Å². The van der Waals surface area contributed by atoms with Crippen molar-refractivity contribution in [1.29, 1.82) is 0 Å². The first-order valence-corrected chi connectivity index (χ1v) is 10.7. The number of hydrogen-bond acceptors (Lipinski definition) is 5. The quantitative estimate of drug-likeness (QED) is 0.832. The second-order valence-electron chi connectivity index (χ2n) is 8.39. The Morgan fingerprint density at radius 2 is 2.00 bits per heavy atom. The van der Waals surface area contributed by atoms with Crippen molar-refractivity contribution in [2.45, 2.75) is 39.3 Å². The van der Waals surface area contributed by atoms with Crippen molar-refractivity contribution in [3.8, 4) is 0 Å². The van der Waals surface area contributed by atoms with Crippen LogP contribution >= 0.6 is 0 Å². The number of hydrogen-bond donors (Lipinski definition) is 1. The molecule has 1 aromatic heterocycles. The van der Waals surface area contributed by atoms with Gasteiger partial charge in [0.1, 0.15) is 5.82 Å². The summed E-state index contributed by atoms with van der Waals surface area (Å²) < 4.78 is 19.6. The minimum atomic E-state index is -0.203. The molecule has 162 valence electrons. The molecule has 1 aromatic carbocycles. The largest absolute Gasteiger partial charge is 0.367 e. The van der Waals surface area contributed by atoms with E-state index in [4.69, 9.17) is 4.52 Å². The van der Waals surface area contributed by atoms with Gasteiger partial charge in [-0.25, -0.2) is 9.18 Å². The van der Waals surface area contributed by atoms with E-state index in [1.165, 1.54) is 6.07 Å². The number of amides is 2. The van der Waals surface area contributed by atoms with E-state index in [-0.39, 0.29) is 17.9 Å². The lowest BCUT2D eigenvalue weighted by atomic mass is 10.0. The molecule has 3 heterocycles. The Morgan fingerprint density at radius 1 is 1.20 bits per heavy atom. The molecule has 2 saturated heterocycles. The number of piperazine rings is 1. The number of nitrogens with one attached hydrogen (secondary N) is 1. The summed E-state index contributed by atoms with van der Waals surface area (Å²) in [6.45, 7) is 9.02. The molecule has 0 radical (unpaired) electrons. The lowest BCUT2D eigenvalue weighted by Crippen LogP contribution is -2.55. The van der Waals surface area contributed by atoms with Gasteiger partial charge >= 0.3 is 6.03 Å². The van der Waals surface area contributed by atoms with Crippen LogP contribution in [0.1, 0.15) is 29.9 Å². The average Bonchev–Trinajstić information content (AvgIpc) is 3.15. The average molecular weight is 416 g/mol. The normalized spacial score (nSPS) is 20.4. The number of aryl methyl sites for hydroxylation is 2. The molecular weight excluding hydrogens is 385 g/mol. The number of urea groups is 1. The van der Waals surface area contributed by atoms with Crippen LogP contribution in [0.15, 0.2) is 28.8 Å². The molecule has 30 heavy (non-hydrogen) atoms. The van der Waals surface area contributed by atoms with E-state index >= 15 is 0 Å². The fourth-order valence-corrected chi connectivity index (χ4v) is 4.26. The maximum atomic E-state index is 14.3. The highest BCUT2D eigenvalue weighted by molar-refractivity contribution is 5.74. The van der Waals surface area contributed by atoms with Crippen LogP contribution in [-0.2, 0) is 6.54 Å². The van der Waals surface area contributed by atoms with Crippen molar-refractivity contribution < 1.29 is 13.7 Å². The van der Waals surface area contributed by atoms with Crippen molar-refractivity contribution >= 4 is 11.7 Å². The van der Waals surface area contributed by atoms with Crippen LogP contribution in [0.4, 0.5) is 14.9 Å². The van der Waals surface area contributed by atoms with Gasteiger partial charge < -0.3 is 19.6 Å². The van der Waals surface area contributed by atoms with Crippen molar-refractivity contribution in [1.82, 2.24) is 20.3 Å². The zero-order valence-electron chi connectivity index (χ0n) is 17.7. The van der Waals surface area contributed by atoms with Crippen molar-refractivity contribution in [2.24, 2.45) is 0 Å². The Bertz CT molecular complexity index is 878. The van der Waals surface area contributed by atoms with Crippen LogP contribution in [0.5, 0.6) is 0 Å². The Morgan fingerprint density at radius 3 is 2.73 bits per heavy atom. The van der Waals surface area contributed by atoms with Crippen LogP contribution in [0.3, 0.4) is 0 Å². The number of anilines is 1. The molecule has 0 saturated carbocycles. The summed E-state index contributed by atoms with van der Waals surface area (Å²) in [5.74, 6) is 0.654. The molecule has 7 nitrogen and oxygen atoms in total. The van der Waals surface area contributed by atoms with Gasteiger partial charge in [-0.15, -0.1) is 0 Å². The van der Waals surface area contributed by atoms with E-state index in [1.807, 2.05) is 35.8 Å². The third-order valence-electron chi connectivity index (χ3n) is 5.91. The number of aromatic nitrogens is 1. The summed E-state index contributed by atoms with van der Waals surface area (Å²) in [5.41, 5.74) is 2.55. The second kappa shape index (κ2) is 9.04. The molecule has 2 aliphatic rings. The van der Waals surface area contributed by atoms with Gasteiger partial charge in [0.05, 0.1) is 17.9 Å². The predicted octanol–water partition coefficient (Wildman–Crippen LogP) is 2.93. The summed E-state index contributed by atoms with van der Waals surface area (Å²) in [6, 6.07) is 7.14. The van der Waals surface area contributed by atoms with E-state index in [1.54, 1.807) is 6.07 Å². The summed E-state index contributed by atoms with van der Waals surface area (Å²) in [5, 5.41) is 7.09. The number of rotatable bonds is 4. The van der Waals surface area contributed by atoms with E-state index < -0.39 is 0 Å². The Labute approximate surface area is 176 Å². The van der Waals surface area contributed by atoms with Crippen LogP contribution in [0.2, 0.25) is 0 Å². The first-order valence-electron chi connectivity index (χ1n) is 10.7. The lowest BCUT2D eigenvalue weighted by Gasteiger charge is -2.38. The van der Waals surface area contributed by atoms with Crippen LogP contribution in [-0.4, -0.2) is 66.3 Å². The summed E-state index contributed by atoms with van der Waals surface area (Å²) in [4.78, 5) is 19.0. The minimum absolute atomic E-state index is 0.0262. The van der Waals surface area contributed by atoms with Crippen molar-refractivity contribution in [2.75, 3.05) is 44.2 Å². The summed E-state index contributed by atoms with van der Waals surface area (Å²) >= 11 is 0. The maximum absolute atomic E-state index is 14.3. The van der Waals surface area contributed by atoms with E-state index in [2.05, 4.69) is 15.4 Å². The van der Waals surface area contributed by atoms with Crippen molar-refractivity contribution in [3.05, 3.63) is 47.1 Å². The van der Waals surface area contributed by atoms with Gasteiger partial charge in [-0.1, -0.05) is 11.2 Å². The Kier molecular flexibility index (Phi) is 6.22. The summed E-state index contributed by atoms with van der Waals surface area (Å²) in [7, 11) is 0. The van der Waals surface area contributed by atoms with E-state index in [0.29, 0.717) is 25.3 Å². The van der Waals surface area contributed by atoms with Crippen LogP contribution in [0, 0.1) is 19.7 Å². The lowest BCUT2D eigenvalue weighted by molar-refractivity contribution is 0.125. The smallest absolute Gasteiger partial charge is 0.317 e. The fourth-order valence-electron chi connectivity index (χ4n) is 4.26. The third kappa shape index (κ3) is 4.92. The summed E-state index contributed by atoms with van der Waals surface area (Å²) in [6.07, 6.45) is 1.85. The van der Waals surface area contributed by atoms with Gasteiger partial charge in [-0.3, -0.25) is 4.90 Å². The fraction of sp³-hybridized carbons (Fsp3) is 0.545. The molecule has 0 aliphatic carbocycles. The van der Waals surface area contributed by atoms with Crippen LogP contribution in [0.25, 0.3) is 0 Å². The topological polar surface area (TPSA) is 64.9 Å². The van der Waals surface area contributed by atoms with Gasteiger partial charge in [-0.2, -0.15) is 0 Å². The first-order chi connectivity index (χ1) is 14.5. The molecule has 2 fully saturated rings. The minimum Gasteiger partial charge on any atom is -0.367 e. The molecule has 2 aliphatic heterocycles. The number of halogens is 1. The SMILES string of the molecule is Cc1ccc(F)c(N2CCCC(NC(=O)N3CCN(Cc4cc(C)no4)CC3)C2)c1. The van der Waals surface area contributed by atoms with Gasteiger partial charge in [0.15, 0.2) is 5.76 Å². The molecule has 2 amide bonds. The highest BCUT2D eigenvalue weighted by atomic mass is 19.1. The van der Waals surface area contributed by atoms with Gasteiger partial charge in [-0.05, 0) is 44.4 Å². The maximum Gasteiger partial charge on any atom is 0.317 e.